The van der Waals surface area contributed by atoms with Crippen molar-refractivity contribution in [3.63, 3.8) is 0 Å². The predicted octanol–water partition coefficient (Wildman–Crippen LogP) is 1.36. The number of carbonyl (C=O) groups excluding carboxylic acids is 2. The van der Waals surface area contributed by atoms with Crippen LogP contribution in [0.2, 0.25) is 0 Å². The van der Waals surface area contributed by atoms with Crippen LogP contribution in [0, 0.1) is 16.7 Å². The summed E-state index contributed by atoms with van der Waals surface area (Å²) in [5.41, 5.74) is 4.59. The third-order valence-electron chi connectivity index (χ3n) is 5.50. The molecule has 2 atom stereocenters. The van der Waals surface area contributed by atoms with Gasteiger partial charge in [0.2, 0.25) is 16.9 Å². The Bertz CT molecular complexity index is 615. The highest BCUT2D eigenvalue weighted by atomic mass is 32.1. The molecule has 0 aromatic carbocycles. The number of nitrogen functional groups attached to an aromatic ring is 1. The van der Waals surface area contributed by atoms with Crippen LogP contribution in [0.3, 0.4) is 0 Å². The van der Waals surface area contributed by atoms with Gasteiger partial charge in [-0.25, -0.2) is 0 Å². The minimum absolute atomic E-state index is 0.00298. The van der Waals surface area contributed by atoms with E-state index in [2.05, 4.69) is 20.8 Å². The molecule has 1 fully saturated rings. The molecule has 0 bridgehead atoms. The number of hydrogen-bond donors (Lipinski definition) is 3. The number of nitrogens with two attached hydrogens (primary N) is 1. The summed E-state index contributed by atoms with van der Waals surface area (Å²) in [6.07, 6.45) is 2.05. The van der Waals surface area contributed by atoms with Gasteiger partial charge in [0.25, 0.3) is 0 Å². The average Bonchev–Trinajstić information content (AvgIpc) is 3.02. The Morgan fingerprint density at radius 3 is 2.58 bits per heavy atom. The van der Waals surface area contributed by atoms with E-state index >= 15 is 0 Å². The highest BCUT2D eigenvalue weighted by Gasteiger charge is 2.57. The average molecular weight is 353 g/mol. The van der Waals surface area contributed by atoms with Crippen molar-refractivity contribution in [2.45, 2.75) is 47.0 Å². The molecule has 2 rings (SSSR count). The maximum absolute atomic E-state index is 12.8. The lowest BCUT2D eigenvalue weighted by Crippen LogP contribution is -2.49. The summed E-state index contributed by atoms with van der Waals surface area (Å²) in [6, 6.07) is 0. The highest BCUT2D eigenvalue weighted by Crippen LogP contribution is 2.56. The molecule has 134 valence electrons. The Balaban J connectivity index is 1.98. The Labute approximate surface area is 146 Å². The first-order chi connectivity index (χ1) is 11.2. The van der Waals surface area contributed by atoms with Crippen LogP contribution in [0.15, 0.2) is 0 Å². The van der Waals surface area contributed by atoms with E-state index in [0.717, 1.165) is 11.4 Å². The molecule has 1 aromatic heterocycles. The number of hydrogen-bond acceptors (Lipinski definition) is 6. The number of aromatic nitrogens is 2. The first-order valence-corrected chi connectivity index (χ1v) is 9.18. The van der Waals surface area contributed by atoms with Gasteiger partial charge < -0.3 is 16.4 Å². The van der Waals surface area contributed by atoms with E-state index in [9.17, 15) is 9.59 Å². The molecule has 4 N–H and O–H groups in total. The molecule has 0 spiro atoms. The van der Waals surface area contributed by atoms with Gasteiger partial charge in [0.05, 0.1) is 5.41 Å². The van der Waals surface area contributed by atoms with Crippen LogP contribution in [0.1, 0.15) is 45.5 Å². The molecule has 24 heavy (non-hydrogen) atoms. The van der Waals surface area contributed by atoms with Gasteiger partial charge in [0, 0.05) is 25.4 Å². The van der Waals surface area contributed by atoms with Gasteiger partial charge in [-0.2, -0.15) is 0 Å². The van der Waals surface area contributed by atoms with Crippen molar-refractivity contribution in [3.05, 3.63) is 5.01 Å². The summed E-state index contributed by atoms with van der Waals surface area (Å²) in [4.78, 5) is 25.1. The fourth-order valence-corrected chi connectivity index (χ4v) is 4.12. The van der Waals surface area contributed by atoms with Gasteiger partial charge in [-0.05, 0) is 25.2 Å². The van der Waals surface area contributed by atoms with Crippen LogP contribution in [0.5, 0.6) is 0 Å². The Hall–Kier alpha value is -1.70. The molecule has 1 aliphatic carbocycles. The number of amides is 2. The van der Waals surface area contributed by atoms with Crippen LogP contribution in [0.25, 0.3) is 0 Å². The van der Waals surface area contributed by atoms with Crippen molar-refractivity contribution in [1.82, 2.24) is 20.8 Å². The Kier molecular flexibility index (Phi) is 5.47. The zero-order valence-electron chi connectivity index (χ0n) is 14.8. The maximum Gasteiger partial charge on any atom is 0.226 e. The van der Waals surface area contributed by atoms with Gasteiger partial charge in [-0.1, -0.05) is 32.1 Å². The van der Waals surface area contributed by atoms with Gasteiger partial charge in [-0.3, -0.25) is 9.59 Å². The number of anilines is 1. The zero-order valence-corrected chi connectivity index (χ0v) is 15.6. The lowest BCUT2D eigenvalue weighted by molar-refractivity contribution is -0.138. The largest absolute Gasteiger partial charge is 0.374 e. The maximum atomic E-state index is 12.8. The van der Waals surface area contributed by atoms with E-state index in [0.29, 0.717) is 31.1 Å². The minimum Gasteiger partial charge on any atom is -0.374 e. The Morgan fingerprint density at radius 1 is 1.29 bits per heavy atom. The molecule has 0 saturated heterocycles. The third kappa shape index (κ3) is 3.38. The van der Waals surface area contributed by atoms with E-state index in [-0.39, 0.29) is 17.7 Å². The van der Waals surface area contributed by atoms with Crippen molar-refractivity contribution in [3.8, 4) is 0 Å². The predicted molar refractivity (Wildman–Crippen MR) is 94.3 cm³/mol. The molecule has 0 aliphatic heterocycles. The smallest absolute Gasteiger partial charge is 0.226 e. The topological polar surface area (TPSA) is 110 Å². The number of carbonyl (C=O) groups is 2. The minimum atomic E-state index is -0.567. The van der Waals surface area contributed by atoms with Gasteiger partial charge >= 0.3 is 0 Å². The summed E-state index contributed by atoms with van der Waals surface area (Å²) in [5.74, 6) is -0.101. The molecular formula is C16H27N5O2S. The lowest BCUT2D eigenvalue weighted by atomic mass is 9.65. The normalized spacial score (nSPS) is 25.4. The molecule has 1 heterocycles. The molecule has 1 saturated carbocycles. The summed E-state index contributed by atoms with van der Waals surface area (Å²) < 4.78 is 0. The SMILES string of the molecule is CCNC(=O)[C@H]1CC[C@@](C)(C(=O)NCCc2nnc(N)s2)C1(C)C. The highest BCUT2D eigenvalue weighted by molar-refractivity contribution is 7.15. The van der Waals surface area contributed by atoms with Crippen molar-refractivity contribution in [2.75, 3.05) is 18.8 Å². The molecule has 1 aliphatic rings. The van der Waals surface area contributed by atoms with Gasteiger partial charge in [-0.15, -0.1) is 10.2 Å². The monoisotopic (exact) mass is 353 g/mol. The first kappa shape index (κ1) is 18.6. The van der Waals surface area contributed by atoms with Crippen LogP contribution < -0.4 is 16.4 Å². The second kappa shape index (κ2) is 7.04. The molecule has 0 radical (unpaired) electrons. The molecule has 8 heteroatoms. The van der Waals surface area contributed by atoms with Gasteiger partial charge in [0.15, 0.2) is 0 Å². The van der Waals surface area contributed by atoms with Crippen LogP contribution in [-0.4, -0.2) is 35.1 Å². The van der Waals surface area contributed by atoms with E-state index in [1.807, 2.05) is 27.7 Å². The standard InChI is InChI=1S/C16H27N5O2S/c1-5-18-12(22)10-6-8-16(4,15(10,2)3)13(23)19-9-7-11-20-21-14(17)24-11/h10H,5-9H2,1-4H3,(H2,17,21)(H,18,22)(H,19,23)/t10-,16+/m1/s1. The van der Waals surface area contributed by atoms with E-state index in [4.69, 9.17) is 5.73 Å². The number of nitrogens with zero attached hydrogens (tertiary/aromatic N) is 2. The third-order valence-corrected chi connectivity index (χ3v) is 6.31. The van der Waals surface area contributed by atoms with E-state index in [1.165, 1.54) is 11.3 Å². The summed E-state index contributed by atoms with van der Waals surface area (Å²) in [6.45, 7) is 9.01. The molecule has 2 amide bonds. The van der Waals surface area contributed by atoms with Crippen molar-refractivity contribution in [2.24, 2.45) is 16.7 Å². The number of rotatable bonds is 6. The first-order valence-electron chi connectivity index (χ1n) is 8.36. The van der Waals surface area contributed by atoms with Crippen molar-refractivity contribution >= 4 is 28.3 Å². The van der Waals surface area contributed by atoms with Crippen molar-refractivity contribution in [1.29, 1.82) is 0 Å². The molecule has 0 unspecified atom stereocenters. The molecule has 7 nitrogen and oxygen atoms in total. The van der Waals surface area contributed by atoms with Crippen LogP contribution in [0.4, 0.5) is 5.13 Å². The van der Waals surface area contributed by atoms with E-state index < -0.39 is 10.8 Å². The fourth-order valence-electron chi connectivity index (χ4n) is 3.51. The molecular weight excluding hydrogens is 326 g/mol. The summed E-state index contributed by atoms with van der Waals surface area (Å²) >= 11 is 1.33. The quantitative estimate of drug-likeness (QED) is 0.715. The lowest BCUT2D eigenvalue weighted by Gasteiger charge is -2.39. The Morgan fingerprint density at radius 2 is 2.00 bits per heavy atom. The van der Waals surface area contributed by atoms with Crippen LogP contribution in [-0.2, 0) is 16.0 Å². The molecule has 1 aromatic rings. The summed E-state index contributed by atoms with van der Waals surface area (Å²) in [7, 11) is 0. The number of nitrogens with one attached hydrogen (secondary N) is 2. The summed E-state index contributed by atoms with van der Waals surface area (Å²) in [5, 5.41) is 14.8. The van der Waals surface area contributed by atoms with Crippen LogP contribution >= 0.6 is 11.3 Å². The fraction of sp³-hybridized carbons (Fsp3) is 0.750. The second-order valence-corrected chi connectivity index (χ2v) is 8.17. The second-order valence-electron chi connectivity index (χ2n) is 7.08. The van der Waals surface area contributed by atoms with E-state index in [1.54, 1.807) is 0 Å². The van der Waals surface area contributed by atoms with Gasteiger partial charge in [0.1, 0.15) is 5.01 Å². The van der Waals surface area contributed by atoms with Crippen molar-refractivity contribution < 1.29 is 9.59 Å². The zero-order chi connectivity index (χ0) is 18.0.